The van der Waals surface area contributed by atoms with Crippen molar-refractivity contribution in [2.24, 2.45) is 11.8 Å². The van der Waals surface area contributed by atoms with Gasteiger partial charge in [-0.2, -0.15) is 0 Å². The van der Waals surface area contributed by atoms with Crippen molar-refractivity contribution in [3.63, 3.8) is 0 Å². The fourth-order valence-electron chi connectivity index (χ4n) is 3.42. The van der Waals surface area contributed by atoms with E-state index < -0.39 is 0 Å². The lowest BCUT2D eigenvalue weighted by molar-refractivity contribution is 0.212. The fourth-order valence-corrected chi connectivity index (χ4v) is 3.42. The zero-order valence-corrected chi connectivity index (χ0v) is 13.2. The second-order valence-corrected chi connectivity index (χ2v) is 6.29. The van der Waals surface area contributed by atoms with E-state index in [1.165, 1.54) is 37.7 Å². The van der Waals surface area contributed by atoms with Crippen LogP contribution >= 0.6 is 0 Å². The Hall–Kier alpha value is -1.02. The number of nitrogens with one attached hydrogen (secondary N) is 1. The predicted octanol–water partition coefficient (Wildman–Crippen LogP) is 4.04. The number of methoxy groups -OCH3 is 1. The summed E-state index contributed by atoms with van der Waals surface area (Å²) in [5.74, 6) is 2.60. The lowest BCUT2D eigenvalue weighted by atomic mass is 9.76. The highest BCUT2D eigenvalue weighted by molar-refractivity contribution is 5.28. The SMILES string of the molecule is CCCNC1CCC(C)CC1Cc1cccc(OC)c1. The van der Waals surface area contributed by atoms with Gasteiger partial charge in [-0.1, -0.05) is 26.0 Å². The number of hydrogen-bond acceptors (Lipinski definition) is 2. The molecule has 112 valence electrons. The maximum Gasteiger partial charge on any atom is 0.119 e. The van der Waals surface area contributed by atoms with E-state index in [0.29, 0.717) is 6.04 Å². The molecule has 1 aliphatic carbocycles. The van der Waals surface area contributed by atoms with Crippen LogP contribution in [0.4, 0.5) is 0 Å². The minimum atomic E-state index is 0.692. The van der Waals surface area contributed by atoms with Gasteiger partial charge in [-0.25, -0.2) is 0 Å². The molecule has 1 N–H and O–H groups in total. The maximum absolute atomic E-state index is 5.34. The lowest BCUT2D eigenvalue weighted by Crippen LogP contribution is -2.41. The van der Waals surface area contributed by atoms with Crippen molar-refractivity contribution in [2.75, 3.05) is 13.7 Å². The van der Waals surface area contributed by atoms with E-state index in [1.54, 1.807) is 7.11 Å². The molecular weight excluding hydrogens is 246 g/mol. The van der Waals surface area contributed by atoms with Crippen LogP contribution in [0.2, 0.25) is 0 Å². The summed E-state index contributed by atoms with van der Waals surface area (Å²) in [7, 11) is 1.74. The van der Waals surface area contributed by atoms with Crippen LogP contribution in [0.5, 0.6) is 5.75 Å². The molecule has 1 aliphatic rings. The van der Waals surface area contributed by atoms with Gasteiger partial charge in [-0.3, -0.25) is 0 Å². The van der Waals surface area contributed by atoms with E-state index in [-0.39, 0.29) is 0 Å². The van der Waals surface area contributed by atoms with Crippen molar-refractivity contribution in [1.82, 2.24) is 5.32 Å². The highest BCUT2D eigenvalue weighted by Gasteiger charge is 2.28. The monoisotopic (exact) mass is 275 g/mol. The van der Waals surface area contributed by atoms with E-state index in [9.17, 15) is 0 Å². The van der Waals surface area contributed by atoms with Crippen molar-refractivity contribution in [3.8, 4) is 5.75 Å². The Morgan fingerprint density at radius 3 is 2.90 bits per heavy atom. The van der Waals surface area contributed by atoms with Crippen molar-refractivity contribution in [3.05, 3.63) is 29.8 Å². The summed E-state index contributed by atoms with van der Waals surface area (Å²) in [6, 6.07) is 9.25. The Bertz CT molecular complexity index is 402. The maximum atomic E-state index is 5.34. The molecule has 1 saturated carbocycles. The third-order valence-corrected chi connectivity index (χ3v) is 4.53. The quantitative estimate of drug-likeness (QED) is 0.846. The van der Waals surface area contributed by atoms with Gasteiger partial charge in [0.25, 0.3) is 0 Å². The normalized spacial score (nSPS) is 26.4. The second-order valence-electron chi connectivity index (χ2n) is 6.29. The van der Waals surface area contributed by atoms with Crippen molar-refractivity contribution in [1.29, 1.82) is 0 Å². The first-order valence-electron chi connectivity index (χ1n) is 8.09. The Morgan fingerprint density at radius 1 is 1.30 bits per heavy atom. The fraction of sp³-hybridized carbons (Fsp3) is 0.667. The lowest BCUT2D eigenvalue weighted by Gasteiger charge is -2.36. The number of ether oxygens (including phenoxy) is 1. The van der Waals surface area contributed by atoms with Gasteiger partial charge in [0.05, 0.1) is 7.11 Å². The summed E-state index contributed by atoms with van der Waals surface area (Å²) in [5.41, 5.74) is 1.41. The molecule has 2 rings (SSSR count). The first kappa shape index (κ1) is 15.4. The molecule has 0 amide bonds. The third-order valence-electron chi connectivity index (χ3n) is 4.53. The summed E-state index contributed by atoms with van der Waals surface area (Å²) in [5, 5.41) is 3.76. The first-order valence-corrected chi connectivity index (χ1v) is 8.09. The Balaban J connectivity index is 2.02. The van der Waals surface area contributed by atoms with Gasteiger partial charge in [-0.05, 0) is 68.2 Å². The van der Waals surface area contributed by atoms with E-state index in [1.807, 2.05) is 6.07 Å². The van der Waals surface area contributed by atoms with Crippen LogP contribution < -0.4 is 10.1 Å². The average Bonchev–Trinajstić information content (AvgIpc) is 2.47. The molecule has 3 atom stereocenters. The van der Waals surface area contributed by atoms with E-state index in [2.05, 4.69) is 37.4 Å². The van der Waals surface area contributed by atoms with Crippen molar-refractivity contribution >= 4 is 0 Å². The molecule has 20 heavy (non-hydrogen) atoms. The topological polar surface area (TPSA) is 21.3 Å². The van der Waals surface area contributed by atoms with Gasteiger partial charge < -0.3 is 10.1 Å². The number of benzene rings is 1. The van der Waals surface area contributed by atoms with Gasteiger partial charge in [0.15, 0.2) is 0 Å². The molecule has 1 aromatic carbocycles. The van der Waals surface area contributed by atoms with Crippen LogP contribution in [0.15, 0.2) is 24.3 Å². The molecule has 3 unspecified atom stereocenters. The molecule has 0 bridgehead atoms. The summed E-state index contributed by atoms with van der Waals surface area (Å²) in [4.78, 5) is 0. The molecule has 0 radical (unpaired) electrons. The predicted molar refractivity (Wildman–Crippen MR) is 85.3 cm³/mol. The molecule has 2 heteroatoms. The molecule has 0 aliphatic heterocycles. The molecule has 0 saturated heterocycles. The zero-order chi connectivity index (χ0) is 14.4. The Morgan fingerprint density at radius 2 is 2.15 bits per heavy atom. The highest BCUT2D eigenvalue weighted by atomic mass is 16.5. The minimum absolute atomic E-state index is 0.692. The second kappa shape index (κ2) is 7.68. The smallest absolute Gasteiger partial charge is 0.119 e. The molecule has 1 aromatic rings. The van der Waals surface area contributed by atoms with Gasteiger partial charge >= 0.3 is 0 Å². The first-order chi connectivity index (χ1) is 9.72. The van der Waals surface area contributed by atoms with Crippen LogP contribution in [-0.2, 0) is 6.42 Å². The molecule has 0 aromatic heterocycles. The van der Waals surface area contributed by atoms with Crippen molar-refractivity contribution in [2.45, 2.75) is 52.0 Å². The molecular formula is C18H29NO. The zero-order valence-electron chi connectivity index (χ0n) is 13.2. The van der Waals surface area contributed by atoms with Gasteiger partial charge in [-0.15, -0.1) is 0 Å². The van der Waals surface area contributed by atoms with Gasteiger partial charge in [0.2, 0.25) is 0 Å². The highest BCUT2D eigenvalue weighted by Crippen LogP contribution is 2.32. The standard InChI is InChI=1S/C18H29NO/c1-4-10-19-18-9-8-14(2)11-16(18)12-15-6-5-7-17(13-15)20-3/h5-7,13-14,16,18-19H,4,8-12H2,1-3H3. The largest absolute Gasteiger partial charge is 0.497 e. The van der Waals surface area contributed by atoms with Crippen LogP contribution in [0.3, 0.4) is 0 Å². The number of hydrogen-bond donors (Lipinski definition) is 1. The van der Waals surface area contributed by atoms with E-state index in [0.717, 1.165) is 24.1 Å². The van der Waals surface area contributed by atoms with Gasteiger partial charge in [0.1, 0.15) is 5.75 Å². The molecule has 0 spiro atoms. The summed E-state index contributed by atoms with van der Waals surface area (Å²) in [6.45, 7) is 5.79. The number of rotatable bonds is 6. The van der Waals surface area contributed by atoms with E-state index in [4.69, 9.17) is 4.74 Å². The summed E-state index contributed by atoms with van der Waals surface area (Å²) in [6.07, 6.45) is 6.44. The van der Waals surface area contributed by atoms with Crippen LogP contribution in [0, 0.1) is 11.8 Å². The molecule has 0 heterocycles. The third kappa shape index (κ3) is 4.24. The Labute approximate surface area is 123 Å². The minimum Gasteiger partial charge on any atom is -0.497 e. The van der Waals surface area contributed by atoms with Crippen LogP contribution in [-0.4, -0.2) is 19.7 Å². The van der Waals surface area contributed by atoms with Crippen LogP contribution in [0.1, 0.15) is 45.1 Å². The summed E-state index contributed by atoms with van der Waals surface area (Å²) < 4.78 is 5.34. The average molecular weight is 275 g/mol. The van der Waals surface area contributed by atoms with Gasteiger partial charge in [0, 0.05) is 6.04 Å². The molecule has 1 fully saturated rings. The molecule has 2 nitrogen and oxygen atoms in total. The Kier molecular flexibility index (Phi) is 5.90. The summed E-state index contributed by atoms with van der Waals surface area (Å²) >= 11 is 0. The van der Waals surface area contributed by atoms with Crippen LogP contribution in [0.25, 0.3) is 0 Å². The van der Waals surface area contributed by atoms with Crippen molar-refractivity contribution < 1.29 is 4.74 Å². The van der Waals surface area contributed by atoms with E-state index >= 15 is 0 Å².